The van der Waals surface area contributed by atoms with Gasteiger partial charge in [-0.05, 0) is 45.1 Å². The van der Waals surface area contributed by atoms with Crippen LogP contribution in [-0.2, 0) is 6.54 Å². The largest absolute Gasteiger partial charge is 0.396 e. The minimum atomic E-state index is 0.329. The van der Waals surface area contributed by atoms with Gasteiger partial charge in [0.1, 0.15) is 0 Å². The van der Waals surface area contributed by atoms with Crippen LogP contribution >= 0.6 is 0 Å². The van der Waals surface area contributed by atoms with Crippen molar-refractivity contribution in [3.05, 3.63) is 34.9 Å². The van der Waals surface area contributed by atoms with Gasteiger partial charge in [-0.1, -0.05) is 29.3 Å². The molecule has 1 saturated heterocycles. The first-order chi connectivity index (χ1) is 8.58. The highest BCUT2D eigenvalue weighted by Gasteiger charge is 2.24. The number of piperidine rings is 1. The first kappa shape index (κ1) is 13.6. The maximum atomic E-state index is 9.32. The molecule has 1 aromatic carbocycles. The lowest BCUT2D eigenvalue weighted by Gasteiger charge is -2.37. The molecule has 0 spiro atoms. The lowest BCUT2D eigenvalue weighted by molar-refractivity contribution is 0.0771. The van der Waals surface area contributed by atoms with Gasteiger partial charge in [0.2, 0.25) is 0 Å². The van der Waals surface area contributed by atoms with Crippen LogP contribution in [-0.4, -0.2) is 29.2 Å². The molecule has 1 aliphatic heterocycles. The Balaban J connectivity index is 2.06. The second-order valence-electron chi connectivity index (χ2n) is 5.90. The van der Waals surface area contributed by atoms with E-state index in [-0.39, 0.29) is 0 Å². The van der Waals surface area contributed by atoms with Gasteiger partial charge in [0, 0.05) is 25.7 Å². The molecule has 2 heteroatoms. The first-order valence-corrected chi connectivity index (χ1v) is 7.00. The lowest BCUT2D eigenvalue weighted by Crippen LogP contribution is -2.42. The summed E-state index contributed by atoms with van der Waals surface area (Å²) in [7, 11) is 0. The second-order valence-corrected chi connectivity index (χ2v) is 5.90. The van der Waals surface area contributed by atoms with Crippen molar-refractivity contribution in [2.75, 3.05) is 13.2 Å². The fourth-order valence-corrected chi connectivity index (χ4v) is 3.03. The van der Waals surface area contributed by atoms with E-state index in [4.69, 9.17) is 0 Å². The van der Waals surface area contributed by atoms with E-state index in [2.05, 4.69) is 43.9 Å². The highest BCUT2D eigenvalue weighted by molar-refractivity contribution is 5.28. The molecule has 0 aromatic heterocycles. The molecule has 1 aliphatic rings. The SMILES string of the molecule is Cc1cc(C)cc(CN2CC(CO)CCC2C)c1. The van der Waals surface area contributed by atoms with Gasteiger partial charge in [-0.25, -0.2) is 0 Å². The summed E-state index contributed by atoms with van der Waals surface area (Å²) in [6, 6.07) is 7.41. The van der Waals surface area contributed by atoms with Crippen LogP contribution in [0.2, 0.25) is 0 Å². The molecule has 2 rings (SSSR count). The third kappa shape index (κ3) is 3.33. The van der Waals surface area contributed by atoms with Crippen LogP contribution in [0.1, 0.15) is 36.5 Å². The fraction of sp³-hybridized carbons (Fsp3) is 0.625. The smallest absolute Gasteiger partial charge is 0.0471 e. The van der Waals surface area contributed by atoms with E-state index >= 15 is 0 Å². The Morgan fingerprint density at radius 2 is 1.83 bits per heavy atom. The maximum Gasteiger partial charge on any atom is 0.0471 e. The number of aryl methyl sites for hydroxylation is 2. The predicted octanol–water partition coefficient (Wildman–Crippen LogP) is 2.90. The first-order valence-electron chi connectivity index (χ1n) is 7.00. The van der Waals surface area contributed by atoms with E-state index in [1.165, 1.54) is 29.5 Å². The summed E-state index contributed by atoms with van der Waals surface area (Å²) in [4.78, 5) is 2.51. The minimum absolute atomic E-state index is 0.329. The van der Waals surface area contributed by atoms with Crippen molar-refractivity contribution < 1.29 is 5.11 Å². The van der Waals surface area contributed by atoms with Gasteiger partial charge >= 0.3 is 0 Å². The van der Waals surface area contributed by atoms with Gasteiger partial charge in [0.15, 0.2) is 0 Å². The van der Waals surface area contributed by atoms with E-state index in [0.717, 1.165) is 13.1 Å². The molecular formula is C16H25NO. The number of aliphatic hydroxyl groups excluding tert-OH is 1. The molecule has 2 atom stereocenters. The Hall–Kier alpha value is -0.860. The molecule has 0 amide bonds. The molecule has 2 nitrogen and oxygen atoms in total. The molecule has 0 radical (unpaired) electrons. The van der Waals surface area contributed by atoms with Gasteiger partial charge in [-0.3, -0.25) is 4.90 Å². The summed E-state index contributed by atoms with van der Waals surface area (Å²) in [6.45, 7) is 9.00. The third-order valence-electron chi connectivity index (χ3n) is 4.03. The number of aliphatic hydroxyl groups is 1. The van der Waals surface area contributed by atoms with Crippen LogP contribution in [0.3, 0.4) is 0 Å². The number of rotatable bonds is 3. The highest BCUT2D eigenvalue weighted by atomic mass is 16.3. The maximum absolute atomic E-state index is 9.32. The molecule has 0 bridgehead atoms. The molecule has 1 fully saturated rings. The van der Waals surface area contributed by atoms with Crippen LogP contribution in [0.4, 0.5) is 0 Å². The van der Waals surface area contributed by atoms with E-state index in [9.17, 15) is 5.11 Å². The van der Waals surface area contributed by atoms with Crippen LogP contribution in [0.15, 0.2) is 18.2 Å². The fourth-order valence-electron chi connectivity index (χ4n) is 3.03. The van der Waals surface area contributed by atoms with Crippen molar-refractivity contribution in [1.29, 1.82) is 0 Å². The molecule has 0 aliphatic carbocycles. The summed E-state index contributed by atoms with van der Waals surface area (Å²) >= 11 is 0. The normalized spacial score (nSPS) is 25.3. The summed E-state index contributed by atoms with van der Waals surface area (Å²) in [5, 5.41) is 9.32. The topological polar surface area (TPSA) is 23.5 Å². The molecular weight excluding hydrogens is 222 g/mol. The third-order valence-corrected chi connectivity index (χ3v) is 4.03. The number of likely N-dealkylation sites (tertiary alicyclic amines) is 1. The van der Waals surface area contributed by atoms with Crippen LogP contribution in [0, 0.1) is 19.8 Å². The van der Waals surface area contributed by atoms with Crippen molar-refractivity contribution in [1.82, 2.24) is 4.90 Å². The minimum Gasteiger partial charge on any atom is -0.396 e. The Labute approximate surface area is 111 Å². The van der Waals surface area contributed by atoms with Crippen LogP contribution in [0.5, 0.6) is 0 Å². The quantitative estimate of drug-likeness (QED) is 0.888. The van der Waals surface area contributed by atoms with Crippen molar-refractivity contribution in [2.45, 2.75) is 46.2 Å². The summed E-state index contributed by atoms with van der Waals surface area (Å²) in [5.41, 5.74) is 4.08. The number of nitrogens with zero attached hydrogens (tertiary/aromatic N) is 1. The molecule has 0 saturated carbocycles. The van der Waals surface area contributed by atoms with E-state index in [1.54, 1.807) is 0 Å². The Morgan fingerprint density at radius 3 is 2.44 bits per heavy atom. The Morgan fingerprint density at radius 1 is 1.17 bits per heavy atom. The van der Waals surface area contributed by atoms with Crippen molar-refractivity contribution in [3.8, 4) is 0 Å². The van der Waals surface area contributed by atoms with E-state index in [0.29, 0.717) is 18.6 Å². The van der Waals surface area contributed by atoms with E-state index < -0.39 is 0 Å². The van der Waals surface area contributed by atoms with Gasteiger partial charge in [0.05, 0.1) is 0 Å². The van der Waals surface area contributed by atoms with Crippen molar-refractivity contribution in [3.63, 3.8) is 0 Å². The number of hydrogen-bond acceptors (Lipinski definition) is 2. The van der Waals surface area contributed by atoms with Crippen LogP contribution in [0.25, 0.3) is 0 Å². The molecule has 1 N–H and O–H groups in total. The van der Waals surface area contributed by atoms with Crippen LogP contribution < -0.4 is 0 Å². The summed E-state index contributed by atoms with van der Waals surface area (Å²) < 4.78 is 0. The predicted molar refractivity (Wildman–Crippen MR) is 75.6 cm³/mol. The molecule has 1 aromatic rings. The summed E-state index contributed by atoms with van der Waals surface area (Å²) in [5.74, 6) is 0.465. The zero-order valence-electron chi connectivity index (χ0n) is 11.8. The zero-order valence-corrected chi connectivity index (χ0v) is 11.8. The van der Waals surface area contributed by atoms with E-state index in [1.807, 2.05) is 0 Å². The Bertz CT molecular complexity index is 382. The molecule has 100 valence electrons. The van der Waals surface area contributed by atoms with Gasteiger partial charge < -0.3 is 5.11 Å². The molecule has 1 heterocycles. The standard InChI is InChI=1S/C16H25NO/c1-12-6-13(2)8-16(7-12)10-17-9-15(11-18)5-4-14(17)3/h6-8,14-15,18H,4-5,9-11H2,1-3H3. The Kier molecular flexibility index (Phi) is 4.41. The second kappa shape index (κ2) is 5.85. The van der Waals surface area contributed by atoms with Gasteiger partial charge in [0.25, 0.3) is 0 Å². The van der Waals surface area contributed by atoms with Gasteiger partial charge in [-0.15, -0.1) is 0 Å². The van der Waals surface area contributed by atoms with Gasteiger partial charge in [-0.2, -0.15) is 0 Å². The zero-order chi connectivity index (χ0) is 13.1. The lowest BCUT2D eigenvalue weighted by atomic mass is 9.93. The monoisotopic (exact) mass is 247 g/mol. The molecule has 18 heavy (non-hydrogen) atoms. The summed E-state index contributed by atoms with van der Waals surface area (Å²) in [6.07, 6.45) is 2.37. The average Bonchev–Trinajstić information content (AvgIpc) is 2.30. The van der Waals surface area contributed by atoms with Crippen molar-refractivity contribution in [2.24, 2.45) is 5.92 Å². The number of benzene rings is 1. The molecule has 2 unspecified atom stereocenters. The number of hydrogen-bond donors (Lipinski definition) is 1. The highest BCUT2D eigenvalue weighted by Crippen LogP contribution is 2.23. The van der Waals surface area contributed by atoms with Crippen molar-refractivity contribution >= 4 is 0 Å². The average molecular weight is 247 g/mol.